The number of ether oxygens (including phenoxy) is 1. The second kappa shape index (κ2) is 9.60. The molecule has 2 aliphatic heterocycles. The highest BCUT2D eigenvalue weighted by atomic mass is 19.1. The molecule has 0 radical (unpaired) electrons. The number of benzene rings is 1. The highest BCUT2D eigenvalue weighted by molar-refractivity contribution is 6.50. The molecule has 200 valence electrons. The lowest BCUT2D eigenvalue weighted by Crippen LogP contribution is -2.50. The minimum Gasteiger partial charge on any atom is -0.444 e. The van der Waals surface area contributed by atoms with Gasteiger partial charge in [0.25, 0.3) is 0 Å². The van der Waals surface area contributed by atoms with Gasteiger partial charge in [0.05, 0.1) is 11.2 Å². The Bertz CT molecular complexity index is 976. The number of likely N-dealkylation sites (tertiary alicyclic amines) is 1. The Hall–Kier alpha value is -2.20. The highest BCUT2D eigenvalue weighted by Gasteiger charge is 2.62. The molecule has 7 nitrogen and oxygen atoms in total. The summed E-state index contributed by atoms with van der Waals surface area (Å²) in [5, 5.41) is 1.68. The van der Waals surface area contributed by atoms with E-state index in [0.717, 1.165) is 18.2 Å². The van der Waals surface area contributed by atoms with E-state index in [1.807, 2.05) is 41.5 Å². The lowest BCUT2D eigenvalue weighted by molar-refractivity contribution is -0.121. The van der Waals surface area contributed by atoms with E-state index >= 15 is 0 Å². The lowest BCUT2D eigenvalue weighted by Gasteiger charge is -2.39. The number of hydrogen-bond acceptors (Lipinski definition) is 5. The number of rotatable bonds is 3. The Morgan fingerprint density at radius 3 is 2.08 bits per heavy atom. The van der Waals surface area contributed by atoms with Crippen LogP contribution in [0.3, 0.4) is 0 Å². The number of carbonyl (C=O) groups excluding carboxylic acids is 2. The summed E-state index contributed by atoms with van der Waals surface area (Å²) in [6.07, 6.45) is -0.0749. The molecule has 0 spiro atoms. The molecule has 36 heavy (non-hydrogen) atoms. The van der Waals surface area contributed by atoms with Crippen molar-refractivity contribution in [2.24, 2.45) is 11.8 Å². The third kappa shape index (κ3) is 6.02. The predicted octanol–water partition coefficient (Wildman–Crippen LogP) is 5.65. The summed E-state index contributed by atoms with van der Waals surface area (Å²) < 4.78 is 46.1. The Labute approximate surface area is 213 Å². The van der Waals surface area contributed by atoms with Gasteiger partial charge in [-0.05, 0) is 72.9 Å². The van der Waals surface area contributed by atoms with Crippen molar-refractivity contribution in [2.75, 3.05) is 18.4 Å². The maximum absolute atomic E-state index is 13.8. The molecule has 2 aliphatic rings. The number of nitrogens with zero attached hydrogens (tertiary/aromatic N) is 1. The molecule has 2 heterocycles. The van der Waals surface area contributed by atoms with Crippen LogP contribution in [0.1, 0.15) is 68.7 Å². The van der Waals surface area contributed by atoms with E-state index in [9.17, 15) is 18.4 Å². The number of anilines is 1. The zero-order valence-corrected chi connectivity index (χ0v) is 22.8. The smallest absolute Gasteiger partial charge is 0.444 e. The third-order valence-corrected chi connectivity index (χ3v) is 7.39. The molecule has 2 saturated heterocycles. The normalized spacial score (nSPS) is 28.0. The quantitative estimate of drug-likeness (QED) is 0.534. The first-order chi connectivity index (χ1) is 16.3. The number of amides is 2. The van der Waals surface area contributed by atoms with Gasteiger partial charge in [0, 0.05) is 36.1 Å². The van der Waals surface area contributed by atoms with Crippen LogP contribution in [0.25, 0.3) is 0 Å². The van der Waals surface area contributed by atoms with Crippen molar-refractivity contribution in [1.29, 1.82) is 0 Å². The van der Waals surface area contributed by atoms with Gasteiger partial charge in [0.2, 0.25) is 5.91 Å². The van der Waals surface area contributed by atoms with Crippen molar-refractivity contribution in [3.05, 3.63) is 29.8 Å². The van der Waals surface area contributed by atoms with E-state index < -0.39 is 58.8 Å². The van der Waals surface area contributed by atoms with Crippen molar-refractivity contribution in [1.82, 2.24) is 4.90 Å². The fourth-order valence-corrected chi connectivity index (χ4v) is 4.79. The SMILES string of the molecule is CC1CC(C(=O)Nc2cc(F)cc(F)c2)[C@@](C)(B2OC(C)(C)C(C)(C)O2)CN(C(=O)OC(C)(C)C)C1. The van der Waals surface area contributed by atoms with Crippen LogP contribution in [-0.4, -0.2) is 53.9 Å². The molecule has 0 aliphatic carbocycles. The van der Waals surface area contributed by atoms with Crippen LogP contribution in [-0.2, 0) is 18.8 Å². The summed E-state index contributed by atoms with van der Waals surface area (Å²) in [5.41, 5.74) is -2.00. The molecular weight excluding hydrogens is 469 g/mol. The van der Waals surface area contributed by atoms with Gasteiger partial charge in [0.1, 0.15) is 17.2 Å². The first kappa shape index (κ1) is 28.4. The van der Waals surface area contributed by atoms with Crippen LogP contribution >= 0.6 is 0 Å². The van der Waals surface area contributed by atoms with Gasteiger partial charge in [-0.3, -0.25) is 4.79 Å². The summed E-state index contributed by atoms with van der Waals surface area (Å²) in [4.78, 5) is 28.4. The summed E-state index contributed by atoms with van der Waals surface area (Å²) in [5.74, 6) is -2.76. The Morgan fingerprint density at radius 2 is 1.58 bits per heavy atom. The highest BCUT2D eigenvalue weighted by Crippen LogP contribution is 2.52. The molecular formula is C26H39BF2N2O5. The number of nitrogens with one attached hydrogen (secondary N) is 1. The van der Waals surface area contributed by atoms with Gasteiger partial charge >= 0.3 is 13.2 Å². The first-order valence-electron chi connectivity index (χ1n) is 12.4. The fraction of sp³-hybridized carbons (Fsp3) is 0.692. The Balaban J connectivity index is 2.01. The number of halogens is 2. The summed E-state index contributed by atoms with van der Waals surface area (Å²) >= 11 is 0. The monoisotopic (exact) mass is 508 g/mol. The molecule has 1 N–H and O–H groups in total. The average Bonchev–Trinajstić information content (AvgIpc) is 2.81. The van der Waals surface area contributed by atoms with Gasteiger partial charge in [-0.15, -0.1) is 0 Å². The van der Waals surface area contributed by atoms with Crippen molar-refractivity contribution < 1.29 is 32.4 Å². The van der Waals surface area contributed by atoms with Gasteiger partial charge < -0.3 is 24.3 Å². The minimum atomic E-state index is -0.997. The molecule has 0 aromatic heterocycles. The Morgan fingerprint density at radius 1 is 1.06 bits per heavy atom. The van der Waals surface area contributed by atoms with Gasteiger partial charge in [0.15, 0.2) is 0 Å². The van der Waals surface area contributed by atoms with Gasteiger partial charge in [-0.25, -0.2) is 13.6 Å². The van der Waals surface area contributed by atoms with Crippen LogP contribution in [0.15, 0.2) is 18.2 Å². The summed E-state index contributed by atoms with van der Waals surface area (Å²) in [6.45, 7) is 17.4. The van der Waals surface area contributed by atoms with Crippen LogP contribution in [0.5, 0.6) is 0 Å². The maximum Gasteiger partial charge on any atom is 0.466 e. The molecule has 3 rings (SSSR count). The van der Waals surface area contributed by atoms with Gasteiger partial charge in [-0.2, -0.15) is 0 Å². The van der Waals surface area contributed by atoms with E-state index in [0.29, 0.717) is 13.0 Å². The van der Waals surface area contributed by atoms with Crippen molar-refractivity contribution in [3.8, 4) is 0 Å². The van der Waals surface area contributed by atoms with Gasteiger partial charge in [-0.1, -0.05) is 13.8 Å². The second-order valence-corrected chi connectivity index (χ2v) is 12.5. The zero-order chi connectivity index (χ0) is 27.3. The minimum absolute atomic E-state index is 0.0228. The summed E-state index contributed by atoms with van der Waals surface area (Å²) in [7, 11) is -0.822. The zero-order valence-electron chi connectivity index (χ0n) is 22.8. The second-order valence-electron chi connectivity index (χ2n) is 12.5. The predicted molar refractivity (Wildman–Crippen MR) is 135 cm³/mol. The van der Waals surface area contributed by atoms with Crippen molar-refractivity contribution >= 4 is 24.8 Å². The van der Waals surface area contributed by atoms with E-state index in [1.54, 1.807) is 25.7 Å². The Kier molecular flexibility index (Phi) is 7.56. The first-order valence-corrected chi connectivity index (χ1v) is 12.4. The lowest BCUT2D eigenvalue weighted by atomic mass is 9.51. The average molecular weight is 508 g/mol. The van der Waals surface area contributed by atoms with Crippen LogP contribution in [0.4, 0.5) is 19.3 Å². The van der Waals surface area contributed by atoms with E-state index in [2.05, 4.69) is 5.32 Å². The molecule has 0 bridgehead atoms. The maximum atomic E-state index is 13.8. The topological polar surface area (TPSA) is 77.1 Å². The third-order valence-electron chi connectivity index (χ3n) is 7.39. The molecule has 2 amide bonds. The van der Waals surface area contributed by atoms with E-state index in [-0.39, 0.29) is 18.2 Å². The van der Waals surface area contributed by atoms with Crippen molar-refractivity contribution in [3.63, 3.8) is 0 Å². The molecule has 2 fully saturated rings. The molecule has 10 heteroatoms. The molecule has 3 atom stereocenters. The van der Waals surface area contributed by atoms with Crippen LogP contribution in [0.2, 0.25) is 5.31 Å². The fourth-order valence-electron chi connectivity index (χ4n) is 4.79. The molecule has 2 unspecified atom stereocenters. The van der Waals surface area contributed by atoms with Crippen LogP contribution in [0, 0.1) is 23.5 Å². The molecule has 0 saturated carbocycles. The number of hydrogen-bond donors (Lipinski definition) is 1. The number of carbonyl (C=O) groups is 2. The van der Waals surface area contributed by atoms with E-state index in [1.165, 1.54) is 0 Å². The standard InChI is InChI=1S/C26H39BF2N2O5/c1-16-10-20(21(32)30-19-12-17(28)11-18(29)13-19)26(9,27-35-24(5,6)25(7,8)36-27)15-31(14-16)22(33)34-23(2,3)4/h11-13,16,20H,10,14-15H2,1-9H3,(H,30,32)/t16?,20?,26-/m0/s1. The largest absolute Gasteiger partial charge is 0.466 e. The molecule has 1 aromatic rings. The van der Waals surface area contributed by atoms with Crippen molar-refractivity contribution in [2.45, 2.75) is 90.9 Å². The van der Waals surface area contributed by atoms with E-state index in [4.69, 9.17) is 14.0 Å². The summed E-state index contributed by atoms with van der Waals surface area (Å²) in [6, 6.07) is 2.89. The van der Waals surface area contributed by atoms with Crippen LogP contribution < -0.4 is 5.32 Å². The molecule has 1 aromatic carbocycles.